The molecule has 1 heterocycles. The van der Waals surface area contributed by atoms with Crippen LogP contribution >= 0.6 is 12.4 Å². The van der Waals surface area contributed by atoms with Crippen LogP contribution < -0.4 is 11.1 Å². The summed E-state index contributed by atoms with van der Waals surface area (Å²) >= 11 is 0. The average Bonchev–Trinajstić information content (AvgIpc) is 2.55. The highest BCUT2D eigenvalue weighted by atomic mass is 35.5. The minimum Gasteiger partial charge on any atom is -0.349 e. The normalized spacial score (nSPS) is 18.8. The number of nitrogens with two attached hydrogens (primary N) is 1. The lowest BCUT2D eigenvalue weighted by Crippen LogP contribution is -2.52. The Balaban J connectivity index is 0.00000288. The minimum atomic E-state index is -3.09. The molecule has 0 bridgehead atoms. The van der Waals surface area contributed by atoms with Crippen LogP contribution in [0, 0.1) is 5.82 Å². The van der Waals surface area contributed by atoms with Crippen molar-refractivity contribution in [3.05, 3.63) is 35.6 Å². The fourth-order valence-corrected chi connectivity index (χ4v) is 2.71. The van der Waals surface area contributed by atoms with Crippen molar-refractivity contribution in [1.82, 2.24) is 10.2 Å². The van der Waals surface area contributed by atoms with Crippen molar-refractivity contribution in [2.24, 2.45) is 5.73 Å². The second-order valence-corrected chi connectivity index (χ2v) is 5.89. The first kappa shape index (κ1) is 20.7. The van der Waals surface area contributed by atoms with Crippen molar-refractivity contribution in [2.45, 2.75) is 37.8 Å². The number of amides is 1. The van der Waals surface area contributed by atoms with E-state index in [1.165, 1.54) is 12.1 Å². The Hall–Kier alpha value is -1.31. The van der Waals surface area contributed by atoms with E-state index in [2.05, 4.69) is 5.32 Å². The van der Waals surface area contributed by atoms with Crippen LogP contribution in [-0.2, 0) is 11.3 Å². The number of nitrogens with one attached hydrogen (secondary N) is 1. The lowest BCUT2D eigenvalue weighted by molar-refractivity contribution is -0.129. The standard InChI is InChI=1S/C16H22F3N3O.ClH/c17-13-6-4-12(5-7-13)9-22-8-2-1-3-14(22)15(23)21-11-16(18,19)10-20;/h4-7,14H,1-3,8-11,20H2,(H,21,23);1H. The van der Waals surface area contributed by atoms with Gasteiger partial charge in [-0.3, -0.25) is 9.69 Å². The molecule has 2 rings (SSSR count). The molecule has 1 aliphatic rings. The molecule has 1 unspecified atom stereocenters. The maximum atomic E-state index is 13.2. The molecule has 0 aromatic heterocycles. The van der Waals surface area contributed by atoms with Crippen LogP contribution in [0.2, 0.25) is 0 Å². The molecule has 0 aliphatic carbocycles. The Morgan fingerprint density at radius 3 is 2.58 bits per heavy atom. The first-order chi connectivity index (χ1) is 10.9. The van der Waals surface area contributed by atoms with Gasteiger partial charge >= 0.3 is 0 Å². The summed E-state index contributed by atoms with van der Waals surface area (Å²) in [6, 6.07) is 5.64. The van der Waals surface area contributed by atoms with E-state index in [0.717, 1.165) is 18.4 Å². The van der Waals surface area contributed by atoms with E-state index in [0.29, 0.717) is 19.5 Å². The molecule has 1 atom stereocenters. The SMILES string of the molecule is Cl.NCC(F)(F)CNC(=O)C1CCCCN1Cc1ccc(F)cc1. The van der Waals surface area contributed by atoms with Gasteiger partial charge in [0.1, 0.15) is 5.82 Å². The van der Waals surface area contributed by atoms with Gasteiger partial charge in [-0.25, -0.2) is 13.2 Å². The van der Waals surface area contributed by atoms with Gasteiger partial charge < -0.3 is 11.1 Å². The van der Waals surface area contributed by atoms with E-state index in [4.69, 9.17) is 5.73 Å². The summed E-state index contributed by atoms with van der Waals surface area (Å²) in [6.45, 7) is -0.338. The molecule has 1 aromatic rings. The van der Waals surface area contributed by atoms with E-state index in [1.54, 1.807) is 12.1 Å². The largest absolute Gasteiger partial charge is 0.349 e. The first-order valence-corrected chi connectivity index (χ1v) is 7.75. The summed E-state index contributed by atoms with van der Waals surface area (Å²) in [6.07, 6.45) is 2.45. The fourth-order valence-electron chi connectivity index (χ4n) is 2.71. The minimum absolute atomic E-state index is 0. The summed E-state index contributed by atoms with van der Waals surface area (Å²) in [4.78, 5) is 14.2. The third-order valence-corrected chi connectivity index (χ3v) is 4.04. The number of hydrogen-bond donors (Lipinski definition) is 2. The van der Waals surface area contributed by atoms with Crippen LogP contribution in [0.3, 0.4) is 0 Å². The van der Waals surface area contributed by atoms with Crippen LogP contribution in [0.1, 0.15) is 24.8 Å². The highest BCUT2D eigenvalue weighted by Gasteiger charge is 2.32. The summed E-state index contributed by atoms with van der Waals surface area (Å²) in [5.41, 5.74) is 5.86. The molecule has 1 fully saturated rings. The number of nitrogens with zero attached hydrogens (tertiary/aromatic N) is 1. The summed E-state index contributed by atoms with van der Waals surface area (Å²) in [5.74, 6) is -3.81. The zero-order valence-electron chi connectivity index (χ0n) is 13.3. The topological polar surface area (TPSA) is 58.4 Å². The lowest BCUT2D eigenvalue weighted by Gasteiger charge is -2.35. The van der Waals surface area contributed by atoms with Crippen molar-refractivity contribution in [3.8, 4) is 0 Å². The molecular weight excluding hydrogens is 343 g/mol. The number of benzene rings is 1. The molecule has 1 aliphatic heterocycles. The van der Waals surface area contributed by atoms with Gasteiger partial charge in [0.05, 0.1) is 19.1 Å². The maximum Gasteiger partial charge on any atom is 0.277 e. The number of carbonyl (C=O) groups is 1. The Morgan fingerprint density at radius 1 is 1.29 bits per heavy atom. The smallest absolute Gasteiger partial charge is 0.277 e. The van der Waals surface area contributed by atoms with E-state index >= 15 is 0 Å². The Bertz CT molecular complexity index is 528. The van der Waals surface area contributed by atoms with E-state index in [9.17, 15) is 18.0 Å². The van der Waals surface area contributed by atoms with Crippen LogP contribution in [0.5, 0.6) is 0 Å². The van der Waals surface area contributed by atoms with E-state index < -0.39 is 31.0 Å². The summed E-state index contributed by atoms with van der Waals surface area (Å²) in [5, 5.41) is 2.30. The number of likely N-dealkylation sites (tertiary alicyclic amines) is 1. The van der Waals surface area contributed by atoms with Crippen LogP contribution in [-0.4, -0.2) is 42.4 Å². The molecule has 24 heavy (non-hydrogen) atoms. The molecule has 0 spiro atoms. The zero-order chi connectivity index (χ0) is 16.9. The molecule has 4 nitrogen and oxygen atoms in total. The molecule has 0 saturated carbocycles. The van der Waals surface area contributed by atoms with Crippen LogP contribution in [0.15, 0.2) is 24.3 Å². The van der Waals surface area contributed by atoms with Gasteiger partial charge in [0.25, 0.3) is 5.92 Å². The number of hydrogen-bond acceptors (Lipinski definition) is 3. The predicted octanol–water partition coefficient (Wildman–Crippen LogP) is 2.31. The number of alkyl halides is 2. The van der Waals surface area contributed by atoms with Crippen molar-refractivity contribution >= 4 is 18.3 Å². The second-order valence-electron chi connectivity index (χ2n) is 5.89. The average molecular weight is 366 g/mol. The molecule has 8 heteroatoms. The quantitative estimate of drug-likeness (QED) is 0.813. The maximum absolute atomic E-state index is 13.2. The number of rotatable bonds is 6. The highest BCUT2D eigenvalue weighted by molar-refractivity contribution is 5.85. The van der Waals surface area contributed by atoms with Crippen molar-refractivity contribution in [3.63, 3.8) is 0 Å². The van der Waals surface area contributed by atoms with Gasteiger partial charge in [0, 0.05) is 6.54 Å². The summed E-state index contributed by atoms with van der Waals surface area (Å²) < 4.78 is 39.3. The second kappa shape index (κ2) is 9.25. The van der Waals surface area contributed by atoms with E-state index in [-0.39, 0.29) is 18.2 Å². The van der Waals surface area contributed by atoms with Crippen LogP contribution in [0.4, 0.5) is 13.2 Å². The van der Waals surface area contributed by atoms with Gasteiger partial charge in [-0.05, 0) is 37.1 Å². The Labute approximate surface area is 146 Å². The Kier molecular flexibility index (Phi) is 7.99. The van der Waals surface area contributed by atoms with E-state index in [1.807, 2.05) is 4.90 Å². The fraction of sp³-hybridized carbons (Fsp3) is 0.562. The first-order valence-electron chi connectivity index (χ1n) is 7.75. The third kappa shape index (κ3) is 5.96. The van der Waals surface area contributed by atoms with Gasteiger partial charge in [-0.1, -0.05) is 18.6 Å². The van der Waals surface area contributed by atoms with Crippen LogP contribution in [0.25, 0.3) is 0 Å². The summed E-state index contributed by atoms with van der Waals surface area (Å²) in [7, 11) is 0. The molecule has 136 valence electrons. The number of carbonyl (C=O) groups excluding carboxylic acids is 1. The van der Waals surface area contributed by atoms with Gasteiger partial charge in [0.15, 0.2) is 0 Å². The molecule has 1 amide bonds. The van der Waals surface area contributed by atoms with Gasteiger partial charge in [0.2, 0.25) is 5.91 Å². The monoisotopic (exact) mass is 365 g/mol. The zero-order valence-corrected chi connectivity index (χ0v) is 14.1. The number of halogens is 4. The number of piperidine rings is 1. The third-order valence-electron chi connectivity index (χ3n) is 4.04. The Morgan fingerprint density at radius 2 is 1.96 bits per heavy atom. The van der Waals surface area contributed by atoms with Crippen molar-refractivity contribution < 1.29 is 18.0 Å². The molecule has 1 saturated heterocycles. The van der Waals surface area contributed by atoms with Gasteiger partial charge in [-0.15, -0.1) is 12.4 Å². The predicted molar refractivity (Wildman–Crippen MR) is 88.7 cm³/mol. The van der Waals surface area contributed by atoms with Crippen molar-refractivity contribution in [1.29, 1.82) is 0 Å². The molecule has 0 radical (unpaired) electrons. The molecule has 3 N–H and O–H groups in total. The molecular formula is C16H23ClF3N3O. The molecule has 1 aromatic carbocycles. The highest BCUT2D eigenvalue weighted by Crippen LogP contribution is 2.20. The van der Waals surface area contributed by atoms with Gasteiger partial charge in [-0.2, -0.15) is 0 Å². The van der Waals surface area contributed by atoms with Crippen molar-refractivity contribution in [2.75, 3.05) is 19.6 Å². The lowest BCUT2D eigenvalue weighted by atomic mass is 10.00.